The third-order valence-corrected chi connectivity index (χ3v) is 4.90. The van der Waals surface area contributed by atoms with Gasteiger partial charge in [0.15, 0.2) is 0 Å². The van der Waals surface area contributed by atoms with E-state index < -0.39 is 0 Å². The third kappa shape index (κ3) is 4.18. The Hall–Kier alpha value is -3.64. The number of para-hydroxylation sites is 1. The van der Waals surface area contributed by atoms with Crippen LogP contribution in [0.1, 0.15) is 16.1 Å². The molecule has 4 rings (SSSR count). The Morgan fingerprint density at radius 2 is 1.90 bits per heavy atom. The fraction of sp³-hybridized carbons (Fsp3) is 0.0870. The standard InChI is InChI=1S/C23H19ClN4O2/c1-30-18-10-8-17(9-11-18)20-13-22(23(29)26-15-16-5-4-12-25-14-16)28(27-20)21-7-3-2-6-19(21)24/h2-14H,15H2,1H3,(H,26,29). The average Bonchev–Trinajstić information content (AvgIpc) is 3.24. The summed E-state index contributed by atoms with van der Waals surface area (Å²) in [5, 5.41) is 8.09. The molecule has 0 unspecified atom stereocenters. The van der Waals surface area contributed by atoms with E-state index >= 15 is 0 Å². The van der Waals surface area contributed by atoms with Crippen LogP contribution in [0.4, 0.5) is 0 Å². The molecule has 0 saturated heterocycles. The molecule has 0 radical (unpaired) electrons. The number of methoxy groups -OCH3 is 1. The lowest BCUT2D eigenvalue weighted by molar-refractivity contribution is 0.0943. The number of carbonyl (C=O) groups is 1. The van der Waals surface area contributed by atoms with Crippen LogP contribution in [0.25, 0.3) is 16.9 Å². The van der Waals surface area contributed by atoms with Crippen molar-refractivity contribution in [2.45, 2.75) is 6.54 Å². The van der Waals surface area contributed by atoms with Crippen molar-refractivity contribution < 1.29 is 9.53 Å². The molecule has 0 saturated carbocycles. The molecule has 0 bridgehead atoms. The molecule has 4 aromatic rings. The predicted octanol–water partition coefficient (Wildman–Crippen LogP) is 4.53. The molecule has 0 fully saturated rings. The monoisotopic (exact) mass is 418 g/mol. The van der Waals surface area contributed by atoms with E-state index in [4.69, 9.17) is 16.3 Å². The summed E-state index contributed by atoms with van der Waals surface area (Å²) in [4.78, 5) is 17.1. The Labute approximate surface area is 179 Å². The zero-order chi connectivity index (χ0) is 20.9. The minimum Gasteiger partial charge on any atom is -0.497 e. The van der Waals surface area contributed by atoms with Crippen molar-refractivity contribution >= 4 is 17.5 Å². The second-order valence-electron chi connectivity index (χ2n) is 6.55. The van der Waals surface area contributed by atoms with E-state index in [1.807, 2.05) is 54.6 Å². The molecule has 2 heterocycles. The SMILES string of the molecule is COc1ccc(-c2cc(C(=O)NCc3cccnc3)n(-c3ccccc3Cl)n2)cc1. The molecular weight excluding hydrogens is 400 g/mol. The first-order valence-corrected chi connectivity index (χ1v) is 9.70. The van der Waals surface area contributed by atoms with Crippen LogP contribution in [0.3, 0.4) is 0 Å². The second kappa shape index (κ2) is 8.80. The van der Waals surface area contributed by atoms with Gasteiger partial charge in [-0.3, -0.25) is 9.78 Å². The van der Waals surface area contributed by atoms with Gasteiger partial charge in [0.25, 0.3) is 5.91 Å². The number of halogens is 1. The average molecular weight is 419 g/mol. The maximum absolute atomic E-state index is 13.0. The molecule has 0 spiro atoms. The summed E-state index contributed by atoms with van der Waals surface area (Å²) in [7, 11) is 1.62. The fourth-order valence-corrected chi connectivity index (χ4v) is 3.24. The minimum atomic E-state index is -0.258. The summed E-state index contributed by atoms with van der Waals surface area (Å²) in [6.07, 6.45) is 3.41. The van der Waals surface area contributed by atoms with E-state index in [1.165, 1.54) is 0 Å². The number of aromatic nitrogens is 3. The van der Waals surface area contributed by atoms with E-state index in [1.54, 1.807) is 36.3 Å². The van der Waals surface area contributed by atoms with E-state index in [2.05, 4.69) is 15.4 Å². The quantitative estimate of drug-likeness (QED) is 0.499. The van der Waals surface area contributed by atoms with Crippen molar-refractivity contribution in [3.63, 3.8) is 0 Å². The molecule has 0 aliphatic heterocycles. The zero-order valence-corrected chi connectivity index (χ0v) is 17.0. The van der Waals surface area contributed by atoms with Crippen LogP contribution in [0, 0.1) is 0 Å². The van der Waals surface area contributed by atoms with Crippen LogP contribution in [0.2, 0.25) is 5.02 Å². The van der Waals surface area contributed by atoms with E-state index in [0.29, 0.717) is 28.6 Å². The molecule has 1 N–H and O–H groups in total. The lowest BCUT2D eigenvalue weighted by Gasteiger charge is -2.09. The van der Waals surface area contributed by atoms with E-state index in [9.17, 15) is 4.79 Å². The lowest BCUT2D eigenvalue weighted by Crippen LogP contribution is -2.25. The summed E-state index contributed by atoms with van der Waals surface area (Å²) in [6, 6.07) is 20.3. The molecule has 0 atom stereocenters. The van der Waals surface area contributed by atoms with Crippen molar-refractivity contribution in [1.82, 2.24) is 20.1 Å². The third-order valence-electron chi connectivity index (χ3n) is 4.58. The zero-order valence-electron chi connectivity index (χ0n) is 16.2. The highest BCUT2D eigenvalue weighted by Gasteiger charge is 2.19. The van der Waals surface area contributed by atoms with Crippen LogP contribution in [-0.2, 0) is 6.54 Å². The molecule has 1 amide bonds. The van der Waals surface area contributed by atoms with Crippen molar-refractivity contribution in [2.75, 3.05) is 7.11 Å². The highest BCUT2D eigenvalue weighted by Crippen LogP contribution is 2.26. The number of rotatable bonds is 6. The van der Waals surface area contributed by atoms with Crippen LogP contribution in [-0.4, -0.2) is 27.8 Å². The molecule has 7 heteroatoms. The van der Waals surface area contributed by atoms with Gasteiger partial charge in [-0.25, -0.2) is 4.68 Å². The number of amides is 1. The maximum Gasteiger partial charge on any atom is 0.270 e. The first-order valence-electron chi connectivity index (χ1n) is 9.32. The molecule has 6 nitrogen and oxygen atoms in total. The number of carbonyl (C=O) groups excluding carboxylic acids is 1. The van der Waals surface area contributed by atoms with Gasteiger partial charge in [-0.1, -0.05) is 29.8 Å². The van der Waals surface area contributed by atoms with Gasteiger partial charge >= 0.3 is 0 Å². The molecule has 2 aromatic carbocycles. The van der Waals surface area contributed by atoms with Crippen LogP contribution >= 0.6 is 11.6 Å². The number of hydrogen-bond donors (Lipinski definition) is 1. The number of ether oxygens (including phenoxy) is 1. The number of nitrogens with zero attached hydrogens (tertiary/aromatic N) is 3. The Morgan fingerprint density at radius 3 is 2.60 bits per heavy atom. The highest BCUT2D eigenvalue weighted by atomic mass is 35.5. The van der Waals surface area contributed by atoms with Gasteiger partial charge < -0.3 is 10.1 Å². The van der Waals surface area contributed by atoms with Gasteiger partial charge in [-0.15, -0.1) is 0 Å². The summed E-state index contributed by atoms with van der Waals surface area (Å²) < 4.78 is 6.79. The molecule has 0 aliphatic rings. The van der Waals surface area contributed by atoms with Crippen LogP contribution < -0.4 is 10.1 Å². The van der Waals surface area contributed by atoms with Gasteiger partial charge in [-0.2, -0.15) is 5.10 Å². The Balaban J connectivity index is 1.70. The van der Waals surface area contributed by atoms with Gasteiger partial charge in [0, 0.05) is 24.5 Å². The lowest BCUT2D eigenvalue weighted by atomic mass is 10.1. The molecule has 0 aliphatic carbocycles. The minimum absolute atomic E-state index is 0.258. The summed E-state index contributed by atoms with van der Waals surface area (Å²) in [5.74, 6) is 0.491. The number of pyridine rings is 1. The van der Waals surface area contributed by atoms with Gasteiger partial charge in [0.05, 0.1) is 23.5 Å². The highest BCUT2D eigenvalue weighted by molar-refractivity contribution is 6.32. The molecule has 150 valence electrons. The van der Waals surface area contributed by atoms with Crippen molar-refractivity contribution in [1.29, 1.82) is 0 Å². The predicted molar refractivity (Wildman–Crippen MR) is 116 cm³/mol. The van der Waals surface area contributed by atoms with Gasteiger partial charge in [-0.05, 0) is 54.1 Å². The Morgan fingerprint density at radius 1 is 1.10 bits per heavy atom. The summed E-state index contributed by atoms with van der Waals surface area (Å²) in [6.45, 7) is 0.359. The second-order valence-corrected chi connectivity index (χ2v) is 6.96. The number of benzene rings is 2. The van der Waals surface area contributed by atoms with Crippen molar-refractivity contribution in [3.8, 4) is 22.7 Å². The van der Waals surface area contributed by atoms with E-state index in [-0.39, 0.29) is 5.91 Å². The van der Waals surface area contributed by atoms with Crippen LogP contribution in [0.5, 0.6) is 5.75 Å². The summed E-state index contributed by atoms with van der Waals surface area (Å²) in [5.41, 5.74) is 3.44. The Bertz CT molecular complexity index is 1160. The van der Waals surface area contributed by atoms with E-state index in [0.717, 1.165) is 16.9 Å². The molecular formula is C23H19ClN4O2. The van der Waals surface area contributed by atoms with Crippen molar-refractivity contribution in [3.05, 3.63) is 95.4 Å². The fourth-order valence-electron chi connectivity index (χ4n) is 3.03. The number of hydrogen-bond acceptors (Lipinski definition) is 4. The van der Waals surface area contributed by atoms with Gasteiger partial charge in [0.2, 0.25) is 0 Å². The summed E-state index contributed by atoms with van der Waals surface area (Å²) >= 11 is 6.39. The van der Waals surface area contributed by atoms with Crippen LogP contribution in [0.15, 0.2) is 79.1 Å². The first kappa shape index (κ1) is 19.7. The largest absolute Gasteiger partial charge is 0.497 e. The maximum atomic E-state index is 13.0. The molecule has 2 aromatic heterocycles. The topological polar surface area (TPSA) is 69.0 Å². The molecule has 30 heavy (non-hydrogen) atoms. The van der Waals surface area contributed by atoms with Gasteiger partial charge in [0.1, 0.15) is 11.4 Å². The normalized spacial score (nSPS) is 10.6. The smallest absolute Gasteiger partial charge is 0.270 e. The number of nitrogens with one attached hydrogen (secondary N) is 1. The van der Waals surface area contributed by atoms with Crippen molar-refractivity contribution in [2.24, 2.45) is 0 Å². The first-order chi connectivity index (χ1) is 14.7. The Kier molecular flexibility index (Phi) is 5.77.